The Bertz CT molecular complexity index is 1480. The number of piperazine rings is 1. The van der Waals surface area contributed by atoms with E-state index in [9.17, 15) is 13.2 Å². The first-order valence-electron chi connectivity index (χ1n) is 13.3. The summed E-state index contributed by atoms with van der Waals surface area (Å²) in [5, 5.41) is 5.07. The van der Waals surface area contributed by atoms with E-state index in [2.05, 4.69) is 15.1 Å². The fraction of sp³-hybridized carbons (Fsp3) is 0.393. The van der Waals surface area contributed by atoms with Crippen LogP contribution in [0.25, 0.3) is 10.3 Å². The molecule has 2 aromatic heterocycles. The Morgan fingerprint density at radius 1 is 0.900 bits per heavy atom. The molecule has 6 rings (SSSR count). The zero-order valence-corrected chi connectivity index (χ0v) is 23.8. The first-order valence-corrected chi connectivity index (χ1v) is 14.9. The Morgan fingerprint density at radius 2 is 1.57 bits per heavy atom. The van der Waals surface area contributed by atoms with Crippen molar-refractivity contribution < 1.29 is 13.2 Å². The number of benzene rings is 2. The molecule has 210 valence electrons. The van der Waals surface area contributed by atoms with E-state index in [1.807, 2.05) is 0 Å². The molecular formula is C28H27Cl2F3N6S. The number of hydrogen-bond donors (Lipinski definition) is 1. The van der Waals surface area contributed by atoms with Crippen molar-refractivity contribution >= 4 is 62.3 Å². The molecule has 1 saturated carbocycles. The minimum Gasteiger partial charge on any atom is -0.338 e. The maximum absolute atomic E-state index is 13.1. The number of thiazole rings is 1. The van der Waals surface area contributed by atoms with Crippen molar-refractivity contribution in [1.82, 2.24) is 19.9 Å². The molecule has 1 aliphatic heterocycles. The van der Waals surface area contributed by atoms with Crippen LogP contribution in [0.1, 0.15) is 41.8 Å². The van der Waals surface area contributed by atoms with Gasteiger partial charge < -0.3 is 10.2 Å². The number of halogens is 5. The third kappa shape index (κ3) is 5.86. The van der Waals surface area contributed by atoms with Gasteiger partial charge in [-0.3, -0.25) is 4.90 Å². The van der Waals surface area contributed by atoms with E-state index in [1.165, 1.54) is 49.2 Å². The van der Waals surface area contributed by atoms with Gasteiger partial charge in [0, 0.05) is 54.4 Å². The molecule has 0 radical (unpaired) electrons. The van der Waals surface area contributed by atoms with Crippen LogP contribution in [0.15, 0.2) is 42.5 Å². The molecule has 2 aromatic carbocycles. The van der Waals surface area contributed by atoms with Crippen LogP contribution >= 0.6 is 34.5 Å². The fourth-order valence-electron chi connectivity index (χ4n) is 5.45. The number of hydrogen-bond acceptors (Lipinski definition) is 7. The minimum atomic E-state index is -4.40. The van der Waals surface area contributed by atoms with Crippen molar-refractivity contribution in [2.45, 2.75) is 44.3 Å². The predicted octanol–water partition coefficient (Wildman–Crippen LogP) is 7.81. The van der Waals surface area contributed by atoms with Gasteiger partial charge in [0.1, 0.15) is 10.5 Å². The first-order chi connectivity index (χ1) is 19.2. The predicted molar refractivity (Wildman–Crippen MR) is 155 cm³/mol. The lowest BCUT2D eigenvalue weighted by molar-refractivity contribution is -0.137. The maximum atomic E-state index is 13.1. The Kier molecular flexibility index (Phi) is 7.78. The highest BCUT2D eigenvalue weighted by Crippen LogP contribution is 2.35. The van der Waals surface area contributed by atoms with Crippen LogP contribution in [-0.4, -0.2) is 52.1 Å². The molecule has 12 heteroatoms. The number of anilines is 3. The largest absolute Gasteiger partial charge is 0.416 e. The fourth-order valence-corrected chi connectivity index (χ4v) is 6.92. The van der Waals surface area contributed by atoms with Crippen molar-refractivity contribution in [2.75, 3.05) is 36.4 Å². The molecule has 0 spiro atoms. The summed E-state index contributed by atoms with van der Waals surface area (Å²) >= 11 is 14.3. The van der Waals surface area contributed by atoms with Crippen molar-refractivity contribution in [2.24, 2.45) is 0 Å². The van der Waals surface area contributed by atoms with E-state index >= 15 is 0 Å². The topological polar surface area (TPSA) is 57.2 Å². The average molecular weight is 608 g/mol. The van der Waals surface area contributed by atoms with E-state index in [-0.39, 0.29) is 0 Å². The van der Waals surface area contributed by atoms with Gasteiger partial charge in [-0.2, -0.15) is 23.1 Å². The molecule has 0 unspecified atom stereocenters. The molecule has 2 aliphatic rings. The van der Waals surface area contributed by atoms with Crippen molar-refractivity contribution in [3.63, 3.8) is 0 Å². The van der Waals surface area contributed by atoms with Gasteiger partial charge in [-0.25, -0.2) is 4.98 Å². The van der Waals surface area contributed by atoms with Gasteiger partial charge in [-0.1, -0.05) is 53.4 Å². The second kappa shape index (κ2) is 11.3. The van der Waals surface area contributed by atoms with Gasteiger partial charge in [0.2, 0.25) is 5.95 Å². The zero-order chi connectivity index (χ0) is 27.9. The summed E-state index contributed by atoms with van der Waals surface area (Å²) in [4.78, 5) is 19.9. The summed E-state index contributed by atoms with van der Waals surface area (Å²) in [5.41, 5.74) is 1.10. The highest BCUT2D eigenvalue weighted by atomic mass is 35.5. The van der Waals surface area contributed by atoms with E-state index in [4.69, 9.17) is 38.2 Å². The molecule has 2 fully saturated rings. The standard InChI is InChI=1S/C28H27Cl2F3N6S/c29-21-6-3-7-22(30)20(21)16-23-35-24-25(34-18-10-8-17(9-11-18)28(31,32)33)36-27(37-26(24)40-23)39-14-12-38(13-15-39)19-4-1-2-5-19/h3,6-11,19H,1-2,4-5,12-16H2,(H,34,36,37). The average Bonchev–Trinajstić information content (AvgIpc) is 3.61. The summed E-state index contributed by atoms with van der Waals surface area (Å²) in [5.74, 6) is 1.03. The second-order valence-electron chi connectivity index (χ2n) is 10.2. The van der Waals surface area contributed by atoms with Gasteiger partial charge in [0.05, 0.1) is 5.56 Å². The van der Waals surface area contributed by atoms with Gasteiger partial charge in [-0.15, -0.1) is 0 Å². The van der Waals surface area contributed by atoms with Crippen molar-refractivity contribution in [3.05, 3.63) is 68.6 Å². The van der Waals surface area contributed by atoms with E-state index in [0.29, 0.717) is 50.3 Å². The normalized spacial score (nSPS) is 17.2. The molecular weight excluding hydrogens is 580 g/mol. The first kappa shape index (κ1) is 27.5. The van der Waals surface area contributed by atoms with Crippen molar-refractivity contribution in [1.29, 1.82) is 0 Å². The maximum Gasteiger partial charge on any atom is 0.416 e. The quantitative estimate of drug-likeness (QED) is 0.241. The molecule has 6 nitrogen and oxygen atoms in total. The van der Waals surface area contributed by atoms with Crippen LogP contribution in [-0.2, 0) is 12.6 Å². The smallest absolute Gasteiger partial charge is 0.338 e. The number of nitrogens with one attached hydrogen (secondary N) is 1. The van der Waals surface area contributed by atoms with Crippen LogP contribution < -0.4 is 10.2 Å². The van der Waals surface area contributed by atoms with Crippen LogP contribution in [0.2, 0.25) is 10.0 Å². The van der Waals surface area contributed by atoms with Crippen LogP contribution in [0.4, 0.5) is 30.6 Å². The van der Waals surface area contributed by atoms with Crippen LogP contribution in [0, 0.1) is 0 Å². The number of rotatable bonds is 6. The zero-order valence-electron chi connectivity index (χ0n) is 21.5. The Hall–Kier alpha value is -2.66. The van der Waals surface area contributed by atoms with Gasteiger partial charge in [-0.05, 0) is 54.8 Å². The summed E-state index contributed by atoms with van der Waals surface area (Å²) in [6, 6.07) is 10.9. The Labute approximate surface area is 244 Å². The van der Waals surface area contributed by atoms with Gasteiger partial charge >= 0.3 is 6.18 Å². The van der Waals surface area contributed by atoms with E-state index in [1.54, 1.807) is 18.2 Å². The molecule has 0 atom stereocenters. The molecule has 4 aromatic rings. The highest BCUT2D eigenvalue weighted by molar-refractivity contribution is 7.18. The summed E-state index contributed by atoms with van der Waals surface area (Å²) in [6.07, 6.45) is 1.16. The number of nitrogens with zero attached hydrogens (tertiary/aromatic N) is 5. The summed E-state index contributed by atoms with van der Waals surface area (Å²) in [7, 11) is 0. The number of alkyl halides is 3. The highest BCUT2D eigenvalue weighted by Gasteiger charge is 2.30. The third-order valence-electron chi connectivity index (χ3n) is 7.59. The van der Waals surface area contributed by atoms with Crippen molar-refractivity contribution in [3.8, 4) is 0 Å². The lowest BCUT2D eigenvalue weighted by Crippen LogP contribution is -2.50. The minimum absolute atomic E-state index is 0.425. The molecule has 0 bridgehead atoms. The van der Waals surface area contributed by atoms with E-state index < -0.39 is 11.7 Å². The lowest BCUT2D eigenvalue weighted by atomic mass is 10.1. The lowest BCUT2D eigenvalue weighted by Gasteiger charge is -2.38. The summed E-state index contributed by atoms with van der Waals surface area (Å²) in [6.45, 7) is 3.52. The SMILES string of the molecule is FC(F)(F)c1ccc(Nc2nc(N3CCN(C4CCCC4)CC3)nc3sc(Cc4c(Cl)cccc4Cl)nc23)cc1. The van der Waals surface area contributed by atoms with Gasteiger partial charge in [0.15, 0.2) is 10.6 Å². The Balaban J connectivity index is 1.32. The number of fused-ring (bicyclic) bond motifs is 1. The molecule has 0 amide bonds. The molecule has 40 heavy (non-hydrogen) atoms. The summed E-state index contributed by atoms with van der Waals surface area (Å²) < 4.78 is 39.3. The molecule has 3 heterocycles. The second-order valence-corrected chi connectivity index (χ2v) is 12.0. The van der Waals surface area contributed by atoms with E-state index in [0.717, 1.165) is 48.9 Å². The monoisotopic (exact) mass is 606 g/mol. The van der Waals surface area contributed by atoms with Crippen LogP contribution in [0.3, 0.4) is 0 Å². The molecule has 1 saturated heterocycles. The molecule has 1 N–H and O–H groups in total. The third-order valence-corrected chi connectivity index (χ3v) is 9.25. The van der Waals surface area contributed by atoms with Gasteiger partial charge in [0.25, 0.3) is 0 Å². The Morgan fingerprint density at radius 3 is 2.23 bits per heavy atom. The van der Waals surface area contributed by atoms with Crippen LogP contribution in [0.5, 0.6) is 0 Å². The number of aromatic nitrogens is 3. The molecule has 1 aliphatic carbocycles.